The molecule has 0 saturated carbocycles. The predicted octanol–water partition coefficient (Wildman–Crippen LogP) is 3.83. The molecule has 0 radical (unpaired) electrons. The zero-order valence-electron chi connectivity index (χ0n) is 18.3. The maximum Gasteiger partial charge on any atom is 0.437 e. The SMILES string of the molecule is C=CC(=O)C1CCC2/C(=C(/N)CCC1C)C(=N)CCN2C(=O)c1cnc(C(F)(F)F)c(O)c1. The molecule has 1 aromatic heterocycles. The van der Waals surface area contributed by atoms with E-state index in [0.29, 0.717) is 42.7 Å². The summed E-state index contributed by atoms with van der Waals surface area (Å²) in [5, 5.41) is 18.2. The van der Waals surface area contributed by atoms with E-state index in [0.717, 1.165) is 12.3 Å². The second-order valence-electron chi connectivity index (χ2n) is 8.58. The van der Waals surface area contributed by atoms with Gasteiger partial charge in [-0.3, -0.25) is 9.59 Å². The van der Waals surface area contributed by atoms with Gasteiger partial charge in [0, 0.05) is 42.1 Å². The largest absolute Gasteiger partial charge is 0.506 e. The molecule has 3 atom stereocenters. The lowest BCUT2D eigenvalue weighted by atomic mass is 9.82. The zero-order valence-corrected chi connectivity index (χ0v) is 18.3. The molecule has 10 heteroatoms. The van der Waals surface area contributed by atoms with E-state index in [1.54, 1.807) is 0 Å². The van der Waals surface area contributed by atoms with Crippen LogP contribution in [0.5, 0.6) is 5.75 Å². The van der Waals surface area contributed by atoms with Gasteiger partial charge in [0.25, 0.3) is 5.91 Å². The number of aromatic nitrogens is 1. The van der Waals surface area contributed by atoms with Gasteiger partial charge in [0.2, 0.25) is 0 Å². The Hall–Kier alpha value is -3.17. The molecule has 1 saturated heterocycles. The lowest BCUT2D eigenvalue weighted by Gasteiger charge is -2.39. The predicted molar refractivity (Wildman–Crippen MR) is 116 cm³/mol. The molecule has 7 nitrogen and oxygen atoms in total. The number of nitrogens with zero attached hydrogens (tertiary/aromatic N) is 2. The van der Waals surface area contributed by atoms with E-state index < -0.39 is 29.6 Å². The van der Waals surface area contributed by atoms with Gasteiger partial charge < -0.3 is 21.1 Å². The number of carbonyl (C=O) groups excluding carboxylic acids is 2. The minimum atomic E-state index is -4.85. The number of allylic oxidation sites excluding steroid dienone is 2. The minimum absolute atomic E-state index is 0.0317. The van der Waals surface area contributed by atoms with Crippen molar-refractivity contribution < 1.29 is 27.9 Å². The Balaban J connectivity index is 1.98. The summed E-state index contributed by atoms with van der Waals surface area (Å²) in [6, 6.07) is 0.153. The first-order valence-corrected chi connectivity index (χ1v) is 10.8. The van der Waals surface area contributed by atoms with E-state index in [1.165, 1.54) is 11.0 Å². The Kier molecular flexibility index (Phi) is 6.94. The number of alkyl halides is 3. The first-order chi connectivity index (χ1) is 15.5. The number of fused-ring (bicyclic) bond motifs is 1. The Morgan fingerprint density at radius 2 is 2.00 bits per heavy atom. The van der Waals surface area contributed by atoms with E-state index >= 15 is 0 Å². The quantitative estimate of drug-likeness (QED) is 0.587. The van der Waals surface area contributed by atoms with Crippen molar-refractivity contribution in [3.63, 3.8) is 0 Å². The van der Waals surface area contributed by atoms with Gasteiger partial charge in [-0.1, -0.05) is 13.5 Å². The number of pyridine rings is 1. The summed E-state index contributed by atoms with van der Waals surface area (Å²) in [5.41, 5.74) is 6.02. The molecule has 178 valence electrons. The van der Waals surface area contributed by atoms with Gasteiger partial charge in [-0.25, -0.2) is 4.98 Å². The Bertz CT molecular complexity index is 1020. The van der Waals surface area contributed by atoms with Gasteiger partial charge >= 0.3 is 6.18 Å². The second kappa shape index (κ2) is 9.36. The summed E-state index contributed by atoms with van der Waals surface area (Å²) in [6.07, 6.45) is -0.622. The first kappa shape index (κ1) is 24.5. The van der Waals surface area contributed by atoms with E-state index in [1.807, 2.05) is 6.92 Å². The highest BCUT2D eigenvalue weighted by Crippen LogP contribution is 2.37. The van der Waals surface area contributed by atoms with E-state index in [-0.39, 0.29) is 36.1 Å². The summed E-state index contributed by atoms with van der Waals surface area (Å²) in [4.78, 5) is 30.4. The number of rotatable bonds is 3. The summed E-state index contributed by atoms with van der Waals surface area (Å²) >= 11 is 0. The molecule has 2 aliphatic rings. The number of amides is 1. The Morgan fingerprint density at radius 3 is 2.61 bits per heavy atom. The average Bonchev–Trinajstić information content (AvgIpc) is 2.81. The summed E-state index contributed by atoms with van der Waals surface area (Å²) < 4.78 is 38.8. The molecule has 4 N–H and O–H groups in total. The van der Waals surface area contributed by atoms with Crippen LogP contribution in [0.1, 0.15) is 55.1 Å². The van der Waals surface area contributed by atoms with Crippen LogP contribution in [0.3, 0.4) is 0 Å². The molecule has 1 aromatic rings. The fraction of sp³-hybridized carbons (Fsp3) is 0.478. The fourth-order valence-electron chi connectivity index (χ4n) is 4.70. The molecule has 0 aromatic carbocycles. The van der Waals surface area contributed by atoms with Crippen molar-refractivity contribution in [3.05, 3.63) is 47.4 Å². The molecule has 33 heavy (non-hydrogen) atoms. The highest BCUT2D eigenvalue weighted by Gasteiger charge is 2.39. The Morgan fingerprint density at radius 1 is 1.30 bits per heavy atom. The van der Waals surface area contributed by atoms with Crippen LogP contribution in [0.25, 0.3) is 0 Å². The van der Waals surface area contributed by atoms with E-state index in [4.69, 9.17) is 11.1 Å². The van der Waals surface area contributed by atoms with E-state index in [2.05, 4.69) is 11.6 Å². The van der Waals surface area contributed by atoms with Crippen molar-refractivity contribution in [2.45, 2.75) is 51.2 Å². The van der Waals surface area contributed by atoms with Crippen molar-refractivity contribution in [2.75, 3.05) is 6.54 Å². The maximum atomic E-state index is 13.3. The molecule has 1 aliphatic heterocycles. The van der Waals surface area contributed by atoms with Crippen LogP contribution in [0.4, 0.5) is 13.2 Å². The standard InChI is InChI=1S/C23H27F3N4O3/c1-3-18(31)14-5-7-17-20(15(27)6-4-12(14)2)16(28)8-9-30(17)22(33)13-10-19(32)21(29-11-13)23(24,25)26/h3,10-12,14,17,28,32H,1,4-9,27H2,2H3/b20-15+,28-16?. The fourth-order valence-corrected chi connectivity index (χ4v) is 4.70. The lowest BCUT2D eigenvalue weighted by Crippen LogP contribution is -2.49. The number of carbonyl (C=O) groups is 2. The minimum Gasteiger partial charge on any atom is -0.506 e. The molecule has 2 heterocycles. The zero-order chi connectivity index (χ0) is 24.5. The van der Waals surface area contributed by atoms with Gasteiger partial charge in [0.15, 0.2) is 11.5 Å². The number of nitrogens with one attached hydrogen (secondary N) is 1. The molecule has 0 spiro atoms. The number of piperidine rings is 1. The number of hydrogen-bond acceptors (Lipinski definition) is 6. The number of ketones is 1. The third-order valence-corrected chi connectivity index (χ3v) is 6.50. The molecule has 3 unspecified atom stereocenters. The summed E-state index contributed by atoms with van der Waals surface area (Å²) in [7, 11) is 0. The van der Waals surface area contributed by atoms with Crippen molar-refractivity contribution in [1.29, 1.82) is 5.41 Å². The van der Waals surface area contributed by atoms with Crippen molar-refractivity contribution in [2.24, 2.45) is 17.6 Å². The highest BCUT2D eigenvalue weighted by molar-refractivity contribution is 6.03. The highest BCUT2D eigenvalue weighted by atomic mass is 19.4. The first-order valence-electron chi connectivity index (χ1n) is 10.8. The molecule has 1 fully saturated rings. The van der Waals surface area contributed by atoms with E-state index in [9.17, 15) is 27.9 Å². The average molecular weight is 464 g/mol. The number of aromatic hydroxyl groups is 1. The van der Waals surface area contributed by atoms with Gasteiger partial charge in [0.05, 0.1) is 11.6 Å². The lowest BCUT2D eigenvalue weighted by molar-refractivity contribution is -0.142. The monoisotopic (exact) mass is 464 g/mol. The smallest absolute Gasteiger partial charge is 0.437 e. The van der Waals surface area contributed by atoms with Gasteiger partial charge in [-0.05, 0) is 43.7 Å². The number of hydrogen-bond donors (Lipinski definition) is 3. The second-order valence-corrected chi connectivity index (χ2v) is 8.58. The molecule has 3 rings (SSSR count). The normalized spacial score (nSPS) is 26.6. The van der Waals surface area contributed by atoms with Crippen LogP contribution < -0.4 is 5.73 Å². The molecular weight excluding hydrogens is 437 g/mol. The van der Waals surface area contributed by atoms with Crippen molar-refractivity contribution in [1.82, 2.24) is 9.88 Å². The van der Waals surface area contributed by atoms with Crippen molar-refractivity contribution >= 4 is 17.4 Å². The third kappa shape index (κ3) is 4.94. The number of likely N-dealkylation sites (tertiary alicyclic amines) is 1. The summed E-state index contributed by atoms with van der Waals surface area (Å²) in [5.74, 6) is -2.12. The molecule has 0 bridgehead atoms. The van der Waals surface area contributed by atoms with Crippen LogP contribution >= 0.6 is 0 Å². The van der Waals surface area contributed by atoms with Gasteiger partial charge in [-0.15, -0.1) is 0 Å². The Labute approximate surface area is 189 Å². The maximum absolute atomic E-state index is 13.3. The topological polar surface area (TPSA) is 120 Å². The molecule has 1 aliphatic carbocycles. The van der Waals surface area contributed by atoms with Gasteiger partial charge in [0.1, 0.15) is 5.75 Å². The van der Waals surface area contributed by atoms with Crippen LogP contribution in [0.15, 0.2) is 36.2 Å². The number of nitrogens with two attached hydrogens (primary N) is 1. The summed E-state index contributed by atoms with van der Waals surface area (Å²) in [6.45, 7) is 5.70. The van der Waals surface area contributed by atoms with Crippen molar-refractivity contribution in [3.8, 4) is 5.75 Å². The molecule has 1 amide bonds. The van der Waals surface area contributed by atoms with Crippen LogP contribution in [-0.2, 0) is 11.0 Å². The third-order valence-electron chi connectivity index (χ3n) is 6.50. The van der Waals surface area contributed by atoms with Crippen LogP contribution in [-0.4, -0.2) is 45.0 Å². The molecular formula is C23H27F3N4O3. The number of halogens is 3. The van der Waals surface area contributed by atoms with Crippen LogP contribution in [0.2, 0.25) is 0 Å². The van der Waals surface area contributed by atoms with Gasteiger partial charge in [-0.2, -0.15) is 13.2 Å². The van der Waals surface area contributed by atoms with Crippen LogP contribution in [0, 0.1) is 17.2 Å².